The number of hydrogen-bond donors (Lipinski definition) is 0. The van der Waals surface area contributed by atoms with Gasteiger partial charge in [-0.25, -0.2) is 4.39 Å². The molecule has 3 aromatic rings. The third-order valence-corrected chi connectivity index (χ3v) is 5.58. The van der Waals surface area contributed by atoms with Crippen LogP contribution in [0.4, 0.5) is 4.39 Å². The minimum Gasteiger partial charge on any atom is -0.344 e. The standard InChI is InChI=1S/C22H26FN3/c1-4-16-9-15(2)22-19(11-16)20-14-25(3)7-6-21(20)26(22)8-5-17-10-18(23)13-24-12-17/h9-13H,4-8,14H2,1-3H3. The predicted molar refractivity (Wildman–Crippen MR) is 104 cm³/mol. The second kappa shape index (κ2) is 6.84. The number of aromatic nitrogens is 2. The van der Waals surface area contributed by atoms with Gasteiger partial charge in [0.15, 0.2) is 0 Å². The number of aryl methyl sites for hydroxylation is 4. The fraction of sp³-hybridized carbons (Fsp3) is 0.409. The van der Waals surface area contributed by atoms with Gasteiger partial charge < -0.3 is 9.47 Å². The average molecular weight is 351 g/mol. The molecule has 0 unspecified atom stereocenters. The van der Waals surface area contributed by atoms with Crippen LogP contribution in [0.15, 0.2) is 30.6 Å². The zero-order valence-corrected chi connectivity index (χ0v) is 15.8. The topological polar surface area (TPSA) is 21.1 Å². The van der Waals surface area contributed by atoms with Crippen LogP contribution >= 0.6 is 0 Å². The molecule has 1 aliphatic rings. The van der Waals surface area contributed by atoms with E-state index in [1.54, 1.807) is 12.3 Å². The van der Waals surface area contributed by atoms with Crippen LogP contribution in [0.2, 0.25) is 0 Å². The summed E-state index contributed by atoms with van der Waals surface area (Å²) in [6.07, 6.45) is 5.97. The minimum absolute atomic E-state index is 0.257. The van der Waals surface area contributed by atoms with Crippen molar-refractivity contribution < 1.29 is 4.39 Å². The number of rotatable bonds is 4. The van der Waals surface area contributed by atoms with Crippen LogP contribution in [0.1, 0.15) is 34.9 Å². The number of benzene rings is 1. The van der Waals surface area contributed by atoms with Crippen LogP contribution in [0, 0.1) is 12.7 Å². The lowest BCUT2D eigenvalue weighted by Crippen LogP contribution is -2.27. The van der Waals surface area contributed by atoms with E-state index in [4.69, 9.17) is 0 Å². The van der Waals surface area contributed by atoms with E-state index in [1.165, 1.54) is 39.5 Å². The summed E-state index contributed by atoms with van der Waals surface area (Å²) in [6, 6.07) is 6.29. The van der Waals surface area contributed by atoms with E-state index in [9.17, 15) is 4.39 Å². The molecular formula is C22H26FN3. The van der Waals surface area contributed by atoms with E-state index in [1.807, 2.05) is 0 Å². The number of fused-ring (bicyclic) bond motifs is 3. The monoisotopic (exact) mass is 351 g/mol. The van der Waals surface area contributed by atoms with Gasteiger partial charge in [-0.05, 0) is 61.2 Å². The lowest BCUT2D eigenvalue weighted by Gasteiger charge is -2.24. The number of pyridine rings is 1. The Kier molecular flexibility index (Phi) is 4.53. The summed E-state index contributed by atoms with van der Waals surface area (Å²) in [7, 11) is 2.20. The van der Waals surface area contributed by atoms with Gasteiger partial charge in [-0.2, -0.15) is 0 Å². The van der Waals surface area contributed by atoms with Gasteiger partial charge in [0, 0.05) is 43.3 Å². The van der Waals surface area contributed by atoms with Crippen LogP contribution in [-0.4, -0.2) is 28.0 Å². The van der Waals surface area contributed by atoms with Crippen molar-refractivity contribution in [3.63, 3.8) is 0 Å². The number of likely N-dealkylation sites (N-methyl/N-ethyl adjacent to an activating group) is 1. The van der Waals surface area contributed by atoms with Gasteiger partial charge in [-0.15, -0.1) is 0 Å². The summed E-state index contributed by atoms with van der Waals surface area (Å²) in [5, 5.41) is 1.40. The summed E-state index contributed by atoms with van der Waals surface area (Å²) in [5.41, 5.74) is 7.98. The molecule has 0 amide bonds. The van der Waals surface area contributed by atoms with Gasteiger partial charge in [0.05, 0.1) is 11.7 Å². The Labute approximate surface area is 154 Å². The van der Waals surface area contributed by atoms with E-state index in [0.717, 1.165) is 44.5 Å². The van der Waals surface area contributed by atoms with Gasteiger partial charge in [-0.3, -0.25) is 4.98 Å². The molecule has 0 aliphatic carbocycles. The molecule has 1 aliphatic heterocycles. The second-order valence-electron chi connectivity index (χ2n) is 7.49. The molecule has 3 heterocycles. The van der Waals surface area contributed by atoms with Gasteiger partial charge in [0.25, 0.3) is 0 Å². The third kappa shape index (κ3) is 3.03. The predicted octanol–water partition coefficient (Wildman–Crippen LogP) is 4.28. The van der Waals surface area contributed by atoms with Crippen LogP contribution in [0.25, 0.3) is 10.9 Å². The molecule has 0 bridgehead atoms. The molecule has 3 nitrogen and oxygen atoms in total. The van der Waals surface area contributed by atoms with Crippen LogP contribution in [0.3, 0.4) is 0 Å². The molecule has 2 aromatic heterocycles. The molecule has 136 valence electrons. The van der Waals surface area contributed by atoms with Crippen molar-refractivity contribution in [3.05, 3.63) is 64.4 Å². The Balaban J connectivity index is 1.80. The van der Waals surface area contributed by atoms with E-state index in [2.05, 4.69) is 47.5 Å². The Hall–Kier alpha value is -2.20. The van der Waals surface area contributed by atoms with Crippen molar-refractivity contribution in [3.8, 4) is 0 Å². The molecular weight excluding hydrogens is 325 g/mol. The van der Waals surface area contributed by atoms with Crippen molar-refractivity contribution >= 4 is 10.9 Å². The lowest BCUT2D eigenvalue weighted by atomic mass is 10.0. The largest absolute Gasteiger partial charge is 0.344 e. The first kappa shape index (κ1) is 17.2. The average Bonchev–Trinajstić information content (AvgIpc) is 2.93. The fourth-order valence-corrected chi connectivity index (χ4v) is 4.29. The van der Waals surface area contributed by atoms with Gasteiger partial charge in [0.1, 0.15) is 5.82 Å². The first-order valence-corrected chi connectivity index (χ1v) is 9.48. The smallest absolute Gasteiger partial charge is 0.141 e. The highest BCUT2D eigenvalue weighted by molar-refractivity contribution is 5.89. The highest BCUT2D eigenvalue weighted by Gasteiger charge is 2.23. The van der Waals surface area contributed by atoms with Crippen molar-refractivity contribution in [1.29, 1.82) is 0 Å². The maximum atomic E-state index is 13.5. The molecule has 0 saturated heterocycles. The Morgan fingerprint density at radius 1 is 1.15 bits per heavy atom. The zero-order valence-electron chi connectivity index (χ0n) is 15.8. The third-order valence-electron chi connectivity index (χ3n) is 5.58. The van der Waals surface area contributed by atoms with Crippen LogP contribution in [0.5, 0.6) is 0 Å². The SMILES string of the molecule is CCc1cc(C)c2c(c1)c1c(n2CCc2cncc(F)c2)CCN(C)C1. The quantitative estimate of drug-likeness (QED) is 0.700. The fourth-order valence-electron chi connectivity index (χ4n) is 4.29. The second-order valence-corrected chi connectivity index (χ2v) is 7.49. The van der Waals surface area contributed by atoms with Gasteiger partial charge >= 0.3 is 0 Å². The van der Waals surface area contributed by atoms with Gasteiger partial charge in [-0.1, -0.05) is 13.0 Å². The molecule has 0 radical (unpaired) electrons. The molecule has 0 fully saturated rings. The molecule has 0 saturated carbocycles. The van der Waals surface area contributed by atoms with Crippen molar-refractivity contribution in [2.24, 2.45) is 0 Å². The number of halogens is 1. The summed E-state index contributed by atoms with van der Waals surface area (Å²) in [4.78, 5) is 6.39. The number of nitrogens with zero attached hydrogens (tertiary/aromatic N) is 3. The van der Waals surface area contributed by atoms with E-state index in [-0.39, 0.29) is 5.82 Å². The number of hydrogen-bond acceptors (Lipinski definition) is 2. The zero-order chi connectivity index (χ0) is 18.3. The van der Waals surface area contributed by atoms with Crippen molar-refractivity contribution in [1.82, 2.24) is 14.5 Å². The van der Waals surface area contributed by atoms with Crippen molar-refractivity contribution in [2.45, 2.75) is 46.2 Å². The minimum atomic E-state index is -0.257. The first-order valence-electron chi connectivity index (χ1n) is 9.48. The summed E-state index contributed by atoms with van der Waals surface area (Å²) < 4.78 is 16.0. The van der Waals surface area contributed by atoms with Crippen LogP contribution in [-0.2, 0) is 32.4 Å². The Morgan fingerprint density at radius 2 is 2.00 bits per heavy atom. The summed E-state index contributed by atoms with van der Waals surface area (Å²) in [6.45, 7) is 7.40. The van der Waals surface area contributed by atoms with Gasteiger partial charge in [0.2, 0.25) is 0 Å². The Bertz CT molecular complexity index is 958. The molecule has 0 N–H and O–H groups in total. The lowest BCUT2D eigenvalue weighted by molar-refractivity contribution is 0.309. The maximum absolute atomic E-state index is 13.5. The normalized spacial score (nSPS) is 14.8. The van der Waals surface area contributed by atoms with Crippen LogP contribution < -0.4 is 0 Å². The Morgan fingerprint density at radius 3 is 2.77 bits per heavy atom. The first-order chi connectivity index (χ1) is 12.6. The maximum Gasteiger partial charge on any atom is 0.141 e. The highest BCUT2D eigenvalue weighted by Crippen LogP contribution is 2.33. The van der Waals surface area contributed by atoms with E-state index < -0.39 is 0 Å². The van der Waals surface area contributed by atoms with Crippen molar-refractivity contribution in [2.75, 3.05) is 13.6 Å². The summed E-state index contributed by atoms with van der Waals surface area (Å²) >= 11 is 0. The molecule has 4 heteroatoms. The molecule has 4 rings (SSSR count). The van der Waals surface area contributed by atoms with E-state index >= 15 is 0 Å². The molecule has 26 heavy (non-hydrogen) atoms. The molecule has 1 aromatic carbocycles. The van der Waals surface area contributed by atoms with E-state index in [0.29, 0.717) is 0 Å². The highest BCUT2D eigenvalue weighted by atomic mass is 19.1. The molecule has 0 atom stereocenters. The summed E-state index contributed by atoms with van der Waals surface area (Å²) in [5.74, 6) is -0.257. The molecule has 0 spiro atoms.